The van der Waals surface area contributed by atoms with Crippen LogP contribution in [0.1, 0.15) is 58.8 Å². The lowest BCUT2D eigenvalue weighted by atomic mass is 9.87. The molecule has 0 aliphatic heterocycles. The molecule has 0 radical (unpaired) electrons. The van der Waals surface area contributed by atoms with Crippen molar-refractivity contribution in [3.8, 4) is 0 Å². The zero-order valence-electron chi connectivity index (χ0n) is 18.9. The van der Waals surface area contributed by atoms with Gasteiger partial charge in [0.2, 0.25) is 5.91 Å². The minimum absolute atomic E-state index is 0.149. The van der Waals surface area contributed by atoms with Crippen molar-refractivity contribution in [3.63, 3.8) is 0 Å². The van der Waals surface area contributed by atoms with Crippen molar-refractivity contribution in [1.29, 1.82) is 0 Å². The summed E-state index contributed by atoms with van der Waals surface area (Å²) in [5, 5.41) is 12.6. The molecule has 2 heterocycles. The Kier molecular flexibility index (Phi) is 9.86. The number of rotatable bonds is 13. The van der Waals surface area contributed by atoms with Gasteiger partial charge in [0.25, 0.3) is 0 Å². The van der Waals surface area contributed by atoms with Crippen molar-refractivity contribution in [2.24, 2.45) is 5.92 Å². The molecule has 1 amide bonds. The average molecular weight is 449 g/mol. The largest absolute Gasteiger partial charge is 0.380 e. The smallest absolute Gasteiger partial charge is 0.220 e. The second kappa shape index (κ2) is 12.9. The number of aromatic nitrogens is 4. The van der Waals surface area contributed by atoms with E-state index in [1.807, 2.05) is 11.6 Å². The fraction of sp³-hybridized carbons (Fsp3) is 0.727. The van der Waals surface area contributed by atoms with Crippen molar-refractivity contribution in [2.45, 2.75) is 70.5 Å². The molecule has 0 spiro atoms. The van der Waals surface area contributed by atoms with Crippen LogP contribution in [0.3, 0.4) is 0 Å². The number of hydrogen-bond donors (Lipinski definition) is 2. The number of ether oxygens (including phenoxy) is 1. The van der Waals surface area contributed by atoms with Gasteiger partial charge in [-0.15, -0.1) is 0 Å². The van der Waals surface area contributed by atoms with Crippen LogP contribution in [-0.2, 0) is 16.1 Å². The molecular weight excluding hydrogens is 412 g/mol. The summed E-state index contributed by atoms with van der Waals surface area (Å²) < 4.78 is 7.29. The predicted molar refractivity (Wildman–Crippen MR) is 126 cm³/mol. The molecule has 0 atom stereocenters. The van der Waals surface area contributed by atoms with E-state index in [-0.39, 0.29) is 5.91 Å². The minimum atomic E-state index is 0.149. The van der Waals surface area contributed by atoms with Crippen LogP contribution < -0.4 is 10.6 Å². The molecule has 172 valence electrons. The van der Waals surface area contributed by atoms with Gasteiger partial charge in [-0.1, -0.05) is 37.9 Å². The van der Waals surface area contributed by atoms with Gasteiger partial charge in [0.15, 0.2) is 10.8 Å². The van der Waals surface area contributed by atoms with Gasteiger partial charge in [-0.25, -0.2) is 14.6 Å². The average Bonchev–Trinajstić information content (AvgIpc) is 3.19. The highest BCUT2D eigenvalue weighted by atomic mass is 32.2. The SMILES string of the molecule is CCCSc1nc(NCCOCC)c2cnn(CCNC(=O)CC3CCCCC3)c2n1. The molecule has 8 nitrogen and oxygen atoms in total. The number of carbonyl (C=O) groups is 1. The molecule has 3 rings (SSSR count). The van der Waals surface area contributed by atoms with Crippen molar-refractivity contribution in [3.05, 3.63) is 6.20 Å². The van der Waals surface area contributed by atoms with E-state index in [9.17, 15) is 4.79 Å². The molecule has 9 heteroatoms. The minimum Gasteiger partial charge on any atom is -0.380 e. The highest BCUT2D eigenvalue weighted by molar-refractivity contribution is 7.99. The fourth-order valence-corrected chi connectivity index (χ4v) is 4.60. The first kappa shape index (κ1) is 23.8. The zero-order chi connectivity index (χ0) is 21.9. The van der Waals surface area contributed by atoms with E-state index < -0.39 is 0 Å². The maximum absolute atomic E-state index is 12.3. The zero-order valence-corrected chi connectivity index (χ0v) is 19.7. The first-order valence-corrected chi connectivity index (χ1v) is 12.6. The molecular formula is C22H36N6O2S. The Bertz CT molecular complexity index is 822. The van der Waals surface area contributed by atoms with Gasteiger partial charge in [-0.05, 0) is 32.1 Å². The number of nitrogens with one attached hydrogen (secondary N) is 2. The summed E-state index contributed by atoms with van der Waals surface area (Å²) in [6.07, 6.45) is 9.71. The lowest BCUT2D eigenvalue weighted by Gasteiger charge is -2.20. The highest BCUT2D eigenvalue weighted by Crippen LogP contribution is 2.26. The molecule has 1 aliphatic rings. The molecule has 0 bridgehead atoms. The van der Waals surface area contributed by atoms with Crippen molar-refractivity contribution in [1.82, 2.24) is 25.1 Å². The maximum Gasteiger partial charge on any atom is 0.220 e. The van der Waals surface area contributed by atoms with E-state index in [2.05, 4.69) is 27.6 Å². The second-order valence-corrected chi connectivity index (χ2v) is 9.05. The lowest BCUT2D eigenvalue weighted by Crippen LogP contribution is -2.29. The normalized spacial score (nSPS) is 14.8. The third-order valence-electron chi connectivity index (χ3n) is 5.50. The summed E-state index contributed by atoms with van der Waals surface area (Å²) >= 11 is 1.65. The number of thioether (sulfide) groups is 1. The molecule has 1 aliphatic carbocycles. The van der Waals surface area contributed by atoms with Gasteiger partial charge in [0, 0.05) is 31.9 Å². The van der Waals surface area contributed by atoms with Crippen LogP contribution in [0.15, 0.2) is 11.4 Å². The first-order valence-electron chi connectivity index (χ1n) is 11.7. The van der Waals surface area contributed by atoms with Crippen LogP contribution >= 0.6 is 11.8 Å². The maximum atomic E-state index is 12.3. The second-order valence-electron chi connectivity index (χ2n) is 7.99. The van der Waals surface area contributed by atoms with E-state index >= 15 is 0 Å². The summed E-state index contributed by atoms with van der Waals surface area (Å²) in [5.74, 6) is 2.46. The molecule has 2 aromatic heterocycles. The molecule has 2 aromatic rings. The number of nitrogens with zero attached hydrogens (tertiary/aromatic N) is 4. The number of carbonyl (C=O) groups excluding carboxylic acids is 1. The summed E-state index contributed by atoms with van der Waals surface area (Å²) in [7, 11) is 0. The summed E-state index contributed by atoms with van der Waals surface area (Å²) in [5.41, 5.74) is 0.800. The van der Waals surface area contributed by atoms with E-state index in [0.29, 0.717) is 45.2 Å². The quantitative estimate of drug-likeness (QED) is 0.273. The van der Waals surface area contributed by atoms with E-state index in [4.69, 9.17) is 9.72 Å². The molecule has 2 N–H and O–H groups in total. The summed E-state index contributed by atoms with van der Waals surface area (Å²) in [4.78, 5) is 21.7. The van der Waals surface area contributed by atoms with Gasteiger partial charge in [0.05, 0.1) is 24.7 Å². The van der Waals surface area contributed by atoms with Crippen molar-refractivity contribution in [2.75, 3.05) is 37.4 Å². The third kappa shape index (κ3) is 7.35. The van der Waals surface area contributed by atoms with Gasteiger partial charge < -0.3 is 15.4 Å². The number of fused-ring (bicyclic) bond motifs is 1. The summed E-state index contributed by atoms with van der Waals surface area (Å²) in [6, 6.07) is 0. The van der Waals surface area contributed by atoms with Gasteiger partial charge >= 0.3 is 0 Å². The van der Waals surface area contributed by atoms with Crippen molar-refractivity contribution >= 4 is 34.5 Å². The first-order chi connectivity index (χ1) is 15.2. The molecule has 0 unspecified atom stereocenters. The van der Waals surface area contributed by atoms with Crippen LogP contribution in [0.5, 0.6) is 0 Å². The van der Waals surface area contributed by atoms with Crippen LogP contribution in [0, 0.1) is 5.92 Å². The third-order valence-corrected chi connectivity index (χ3v) is 6.55. The molecule has 31 heavy (non-hydrogen) atoms. The van der Waals surface area contributed by atoms with Gasteiger partial charge in [0.1, 0.15) is 5.82 Å². The van der Waals surface area contributed by atoms with Crippen LogP contribution in [0.25, 0.3) is 11.0 Å². The Morgan fingerprint density at radius 3 is 2.84 bits per heavy atom. The number of anilines is 1. The standard InChI is InChI=1S/C22H36N6O2S/c1-3-14-31-22-26-20(24-11-13-30-4-2)18-16-25-28(21(18)27-22)12-10-23-19(29)15-17-8-6-5-7-9-17/h16-17H,3-15H2,1-2H3,(H,23,29)(H,24,26,27). The van der Waals surface area contributed by atoms with E-state index in [1.165, 1.54) is 32.1 Å². The monoisotopic (exact) mass is 448 g/mol. The van der Waals surface area contributed by atoms with E-state index in [0.717, 1.165) is 34.2 Å². The van der Waals surface area contributed by atoms with Crippen LogP contribution in [0.4, 0.5) is 5.82 Å². The van der Waals surface area contributed by atoms with Crippen molar-refractivity contribution < 1.29 is 9.53 Å². The Morgan fingerprint density at radius 2 is 2.06 bits per heavy atom. The Balaban J connectivity index is 1.61. The Morgan fingerprint density at radius 1 is 1.23 bits per heavy atom. The number of hydrogen-bond acceptors (Lipinski definition) is 7. The number of amides is 1. The highest BCUT2D eigenvalue weighted by Gasteiger charge is 2.17. The Labute approximate surface area is 189 Å². The van der Waals surface area contributed by atoms with E-state index in [1.54, 1.807) is 18.0 Å². The summed E-state index contributed by atoms with van der Waals surface area (Å²) in [6.45, 7) is 7.28. The van der Waals surface area contributed by atoms with Crippen LogP contribution in [-0.4, -0.2) is 57.7 Å². The lowest BCUT2D eigenvalue weighted by molar-refractivity contribution is -0.122. The molecule has 1 saturated carbocycles. The molecule has 0 saturated heterocycles. The van der Waals surface area contributed by atoms with Gasteiger partial charge in [-0.2, -0.15) is 5.10 Å². The Hall–Kier alpha value is -1.87. The molecule has 1 fully saturated rings. The predicted octanol–water partition coefficient (Wildman–Crippen LogP) is 3.86. The molecule has 0 aromatic carbocycles. The van der Waals surface area contributed by atoms with Gasteiger partial charge in [-0.3, -0.25) is 4.79 Å². The topological polar surface area (TPSA) is 94.0 Å². The fourth-order valence-electron chi connectivity index (χ4n) is 3.90. The van der Waals surface area contributed by atoms with Crippen LogP contribution in [0.2, 0.25) is 0 Å².